The first-order chi connectivity index (χ1) is 13.9. The quantitative estimate of drug-likeness (QED) is 0.226. The van der Waals surface area contributed by atoms with E-state index in [9.17, 15) is 14.9 Å². The summed E-state index contributed by atoms with van der Waals surface area (Å²) < 4.78 is 12.8. The number of nitro benzene ring substituents is 1. The van der Waals surface area contributed by atoms with Crippen LogP contribution in [0.2, 0.25) is 5.02 Å². The number of aryl methyl sites for hydroxylation is 2. The van der Waals surface area contributed by atoms with Crippen molar-refractivity contribution in [1.29, 1.82) is 0 Å². The fraction of sp³-hybridized carbons (Fsp3) is 0.200. The molecule has 0 atom stereocenters. The fourth-order valence-electron chi connectivity index (χ4n) is 2.64. The summed E-state index contributed by atoms with van der Waals surface area (Å²) in [4.78, 5) is 22.9. The largest absolute Gasteiger partial charge is 0.479 e. The Morgan fingerprint density at radius 2 is 2.17 bits per heavy atom. The van der Waals surface area contributed by atoms with Crippen molar-refractivity contribution < 1.29 is 18.9 Å². The van der Waals surface area contributed by atoms with Crippen molar-refractivity contribution in [3.8, 4) is 5.75 Å². The molecule has 3 aromatic rings. The van der Waals surface area contributed by atoms with Crippen LogP contribution in [0.5, 0.6) is 5.75 Å². The number of hydrogen-bond donors (Lipinski definition) is 0. The van der Waals surface area contributed by atoms with Crippen LogP contribution in [0.4, 0.5) is 5.69 Å². The maximum atomic E-state index is 12.3. The molecule has 9 heteroatoms. The molecule has 0 saturated heterocycles. The number of halogens is 1. The van der Waals surface area contributed by atoms with Crippen molar-refractivity contribution in [3.05, 3.63) is 80.5 Å². The SMILES string of the molecule is CCn1cc(C(=O)/C=C/c2ccc(COc3ccc(Cl)cc3[N+](=O)[O-])o2)c(C)n1. The number of hydrogen-bond acceptors (Lipinski definition) is 6. The molecule has 0 fully saturated rings. The third-order valence-electron chi connectivity index (χ3n) is 4.10. The van der Waals surface area contributed by atoms with Gasteiger partial charge in [0, 0.05) is 23.8 Å². The van der Waals surface area contributed by atoms with Crippen LogP contribution in [0.3, 0.4) is 0 Å². The second kappa shape index (κ2) is 8.74. The molecule has 0 unspecified atom stereocenters. The Labute approximate surface area is 171 Å². The zero-order chi connectivity index (χ0) is 21.0. The summed E-state index contributed by atoms with van der Waals surface area (Å²) in [6.45, 7) is 4.41. The normalized spacial score (nSPS) is 11.1. The molecule has 0 spiro atoms. The van der Waals surface area contributed by atoms with Gasteiger partial charge in [0.05, 0.1) is 16.2 Å². The summed E-state index contributed by atoms with van der Waals surface area (Å²) in [5, 5.41) is 15.6. The number of furan rings is 1. The van der Waals surface area contributed by atoms with Gasteiger partial charge in [-0.15, -0.1) is 0 Å². The van der Waals surface area contributed by atoms with Crippen molar-refractivity contribution in [2.75, 3.05) is 0 Å². The van der Waals surface area contributed by atoms with Gasteiger partial charge in [0.1, 0.15) is 18.1 Å². The van der Waals surface area contributed by atoms with Crippen LogP contribution in [-0.2, 0) is 13.2 Å². The minimum absolute atomic E-state index is 0.00730. The van der Waals surface area contributed by atoms with Gasteiger partial charge in [0.2, 0.25) is 0 Å². The van der Waals surface area contributed by atoms with Crippen LogP contribution in [0.25, 0.3) is 6.08 Å². The first kappa shape index (κ1) is 20.3. The van der Waals surface area contributed by atoms with Gasteiger partial charge < -0.3 is 9.15 Å². The molecule has 0 bridgehead atoms. The monoisotopic (exact) mass is 415 g/mol. The van der Waals surface area contributed by atoms with Gasteiger partial charge in [-0.25, -0.2) is 0 Å². The van der Waals surface area contributed by atoms with E-state index in [1.807, 2.05) is 6.92 Å². The average Bonchev–Trinajstić information content (AvgIpc) is 3.31. The van der Waals surface area contributed by atoms with Gasteiger partial charge >= 0.3 is 5.69 Å². The number of rotatable bonds is 8. The van der Waals surface area contributed by atoms with Crippen LogP contribution in [0, 0.1) is 17.0 Å². The maximum Gasteiger partial charge on any atom is 0.312 e. The molecule has 8 nitrogen and oxygen atoms in total. The van der Waals surface area contributed by atoms with E-state index in [0.717, 1.165) is 0 Å². The van der Waals surface area contributed by atoms with Crippen LogP contribution >= 0.6 is 11.6 Å². The number of allylic oxidation sites excluding steroid dienone is 1. The standard InChI is InChI=1S/C20H18ClN3O5/c1-3-23-11-17(13(2)22-23)19(25)8-7-15-5-6-16(29-15)12-28-20-9-4-14(21)10-18(20)24(26)27/h4-11H,3,12H2,1-2H3/b8-7+. The molecule has 0 saturated carbocycles. The predicted octanol–water partition coefficient (Wildman–Crippen LogP) is 4.84. The van der Waals surface area contributed by atoms with Crippen LogP contribution < -0.4 is 4.74 Å². The highest BCUT2D eigenvalue weighted by atomic mass is 35.5. The molecule has 0 aliphatic carbocycles. The number of ketones is 1. The predicted molar refractivity (Wildman–Crippen MR) is 107 cm³/mol. The molecule has 29 heavy (non-hydrogen) atoms. The van der Waals surface area contributed by atoms with Crippen molar-refractivity contribution in [2.45, 2.75) is 27.0 Å². The molecule has 1 aromatic carbocycles. The van der Waals surface area contributed by atoms with Crippen molar-refractivity contribution in [3.63, 3.8) is 0 Å². The lowest BCUT2D eigenvalue weighted by Crippen LogP contribution is -1.98. The Hall–Kier alpha value is -3.39. The lowest BCUT2D eigenvalue weighted by Gasteiger charge is -2.05. The highest BCUT2D eigenvalue weighted by Gasteiger charge is 2.16. The summed E-state index contributed by atoms with van der Waals surface area (Å²) in [6.07, 6.45) is 4.68. The Morgan fingerprint density at radius 3 is 2.86 bits per heavy atom. The molecule has 3 rings (SSSR count). The zero-order valence-corrected chi connectivity index (χ0v) is 16.5. The Kier molecular flexibility index (Phi) is 6.13. The second-order valence-electron chi connectivity index (χ2n) is 6.14. The molecule has 0 amide bonds. The average molecular weight is 416 g/mol. The molecular weight excluding hydrogens is 398 g/mol. The molecule has 0 radical (unpaired) electrons. The van der Waals surface area contributed by atoms with E-state index in [4.69, 9.17) is 20.8 Å². The van der Waals surface area contributed by atoms with Crippen molar-refractivity contribution in [1.82, 2.24) is 9.78 Å². The number of carbonyl (C=O) groups is 1. The van der Waals surface area contributed by atoms with Gasteiger partial charge in [-0.1, -0.05) is 11.6 Å². The van der Waals surface area contributed by atoms with Gasteiger partial charge in [0.15, 0.2) is 11.5 Å². The molecule has 0 N–H and O–H groups in total. The third kappa shape index (κ3) is 4.91. The minimum atomic E-state index is -0.564. The first-order valence-electron chi connectivity index (χ1n) is 8.79. The minimum Gasteiger partial charge on any atom is -0.479 e. The molecule has 0 aliphatic rings. The zero-order valence-electron chi connectivity index (χ0n) is 15.8. The summed E-state index contributed by atoms with van der Waals surface area (Å²) in [7, 11) is 0. The van der Waals surface area contributed by atoms with E-state index in [-0.39, 0.29) is 28.8 Å². The number of aromatic nitrogens is 2. The van der Waals surface area contributed by atoms with Crippen LogP contribution in [0.15, 0.2) is 47.0 Å². The summed E-state index contributed by atoms with van der Waals surface area (Å²) in [5.41, 5.74) is 0.977. The highest BCUT2D eigenvalue weighted by molar-refractivity contribution is 6.30. The van der Waals surface area contributed by atoms with E-state index in [0.29, 0.717) is 29.3 Å². The number of nitrogens with zero attached hydrogens (tertiary/aromatic N) is 3. The summed E-state index contributed by atoms with van der Waals surface area (Å²) in [6, 6.07) is 7.52. The van der Waals surface area contributed by atoms with E-state index in [1.54, 1.807) is 36.0 Å². The number of carbonyl (C=O) groups excluding carboxylic acids is 1. The number of benzene rings is 1. The smallest absolute Gasteiger partial charge is 0.312 e. The first-order valence-corrected chi connectivity index (χ1v) is 9.17. The van der Waals surface area contributed by atoms with Crippen LogP contribution in [0.1, 0.15) is 34.5 Å². The maximum absolute atomic E-state index is 12.3. The summed E-state index contributed by atoms with van der Waals surface area (Å²) in [5.74, 6) is 0.832. The number of nitro groups is 1. The van der Waals surface area contributed by atoms with Gasteiger partial charge in [-0.3, -0.25) is 19.6 Å². The molecular formula is C20H18ClN3O5. The Bertz CT molecular complexity index is 1080. The Morgan fingerprint density at radius 1 is 1.38 bits per heavy atom. The molecule has 0 aliphatic heterocycles. The highest BCUT2D eigenvalue weighted by Crippen LogP contribution is 2.30. The van der Waals surface area contributed by atoms with E-state index < -0.39 is 4.92 Å². The lowest BCUT2D eigenvalue weighted by atomic mass is 10.1. The topological polar surface area (TPSA) is 100 Å². The van der Waals surface area contributed by atoms with Gasteiger partial charge in [-0.2, -0.15) is 5.10 Å². The van der Waals surface area contributed by atoms with Crippen LogP contribution in [-0.4, -0.2) is 20.5 Å². The Balaban J connectivity index is 1.65. The van der Waals surface area contributed by atoms with Crippen molar-refractivity contribution in [2.24, 2.45) is 0 Å². The van der Waals surface area contributed by atoms with Gasteiger partial charge in [-0.05, 0) is 50.3 Å². The third-order valence-corrected chi connectivity index (χ3v) is 4.34. The summed E-state index contributed by atoms with van der Waals surface area (Å²) >= 11 is 5.79. The van der Waals surface area contributed by atoms with E-state index in [1.165, 1.54) is 24.3 Å². The van der Waals surface area contributed by atoms with E-state index in [2.05, 4.69) is 5.10 Å². The van der Waals surface area contributed by atoms with Crippen molar-refractivity contribution >= 4 is 29.1 Å². The molecule has 2 heterocycles. The van der Waals surface area contributed by atoms with Gasteiger partial charge in [0.25, 0.3) is 0 Å². The molecule has 150 valence electrons. The van der Waals surface area contributed by atoms with E-state index >= 15 is 0 Å². The molecule has 2 aromatic heterocycles. The fourth-order valence-corrected chi connectivity index (χ4v) is 2.80. The lowest BCUT2D eigenvalue weighted by molar-refractivity contribution is -0.385. The number of ether oxygens (including phenoxy) is 1. The second-order valence-corrected chi connectivity index (χ2v) is 6.58.